The summed E-state index contributed by atoms with van der Waals surface area (Å²) in [7, 11) is 1.63. The fourth-order valence-electron chi connectivity index (χ4n) is 4.61. The molecular weight excluding hydrogens is 509 g/mol. The molecule has 0 atom stereocenters. The molecule has 0 unspecified atom stereocenters. The van der Waals surface area contributed by atoms with Crippen LogP contribution in [0.25, 0.3) is 22.3 Å². The van der Waals surface area contributed by atoms with Crippen LogP contribution < -0.4 is 4.74 Å². The molecule has 1 aliphatic rings. The number of aromatic nitrogens is 4. The van der Waals surface area contributed by atoms with E-state index >= 15 is 0 Å². The first kappa shape index (κ1) is 28.6. The topological polar surface area (TPSA) is 100 Å². The number of hydrogen-bond acceptors (Lipinski definition) is 7. The van der Waals surface area contributed by atoms with Gasteiger partial charge in [-0.1, -0.05) is 5.21 Å². The molecule has 1 fully saturated rings. The van der Waals surface area contributed by atoms with Crippen molar-refractivity contribution < 1.29 is 23.0 Å². The second-order valence-corrected chi connectivity index (χ2v) is 9.93. The smallest absolute Gasteiger partial charge is 0.419 e. The fourth-order valence-corrected chi connectivity index (χ4v) is 4.61. The van der Waals surface area contributed by atoms with Crippen LogP contribution in [0.3, 0.4) is 0 Å². The van der Waals surface area contributed by atoms with Crippen LogP contribution in [0.2, 0.25) is 0 Å². The molecule has 0 amide bonds. The Morgan fingerprint density at radius 3 is 2.51 bits per heavy atom. The zero-order valence-corrected chi connectivity index (χ0v) is 21.7. The summed E-state index contributed by atoms with van der Waals surface area (Å²) in [5.74, 6) is 0.138. The number of nitrogens with zero attached hydrogens (tertiary/aromatic N) is 6. The van der Waals surface area contributed by atoms with Gasteiger partial charge in [-0.15, -0.1) is 17.5 Å². The SMILES string of the molecule is Cl.Cn1nnc2c(C#N)nc(-c3ccc(OCCC4CCN(CC(C)(C)O)CC4)c(C(F)(F)F)c3)cc21. The molecule has 1 aliphatic heterocycles. The Morgan fingerprint density at radius 1 is 1.19 bits per heavy atom. The molecular formula is C25H30ClF3N6O2. The van der Waals surface area contributed by atoms with Gasteiger partial charge in [0.05, 0.1) is 29.0 Å². The molecule has 3 aromatic rings. The molecule has 12 heteroatoms. The minimum absolute atomic E-state index is 0. The van der Waals surface area contributed by atoms with E-state index in [4.69, 9.17) is 4.74 Å². The maximum absolute atomic E-state index is 13.9. The largest absolute Gasteiger partial charge is 0.493 e. The number of benzene rings is 1. The first-order valence-corrected chi connectivity index (χ1v) is 11.8. The molecule has 8 nitrogen and oxygen atoms in total. The van der Waals surface area contributed by atoms with Crippen LogP contribution in [0.15, 0.2) is 24.3 Å². The molecule has 4 rings (SSSR count). The van der Waals surface area contributed by atoms with Crippen molar-refractivity contribution in [1.82, 2.24) is 24.9 Å². The van der Waals surface area contributed by atoms with E-state index in [1.54, 1.807) is 27.0 Å². The first-order valence-electron chi connectivity index (χ1n) is 11.8. The van der Waals surface area contributed by atoms with E-state index in [0.717, 1.165) is 32.0 Å². The number of likely N-dealkylation sites (tertiary alicyclic amines) is 1. The Morgan fingerprint density at radius 2 is 1.89 bits per heavy atom. The summed E-state index contributed by atoms with van der Waals surface area (Å²) in [6, 6.07) is 7.32. The highest BCUT2D eigenvalue weighted by atomic mass is 35.5. The third kappa shape index (κ3) is 6.89. The summed E-state index contributed by atoms with van der Waals surface area (Å²) in [4.78, 5) is 6.41. The second-order valence-electron chi connectivity index (χ2n) is 9.93. The number of pyridine rings is 1. The molecule has 0 spiro atoms. The standard InChI is InChI=1S/C25H29F3N6O2.ClH/c1-24(2,35)15-34-9-6-16(7-10-34)8-11-36-22-5-4-17(12-18(22)25(26,27)28)19-13-21-23(20(14-29)30-19)31-32-33(21)3;/h4-5,12-13,16,35H,6-11,15H2,1-3H3;1H. The molecule has 200 valence electrons. The van der Waals surface area contributed by atoms with Gasteiger partial charge in [0, 0.05) is 19.2 Å². The molecule has 0 aliphatic carbocycles. The third-order valence-corrected chi connectivity index (χ3v) is 6.39. The van der Waals surface area contributed by atoms with E-state index in [0.29, 0.717) is 29.9 Å². The highest BCUT2D eigenvalue weighted by molar-refractivity contribution is 5.85. The van der Waals surface area contributed by atoms with Gasteiger partial charge in [-0.05, 0) is 76.4 Å². The summed E-state index contributed by atoms with van der Waals surface area (Å²) in [6.45, 7) is 6.05. The second kappa shape index (κ2) is 11.2. The Bertz CT molecular complexity index is 1270. The number of ether oxygens (including phenoxy) is 1. The number of aryl methyl sites for hydroxylation is 1. The lowest BCUT2D eigenvalue weighted by Gasteiger charge is -2.35. The molecule has 0 bridgehead atoms. The minimum Gasteiger partial charge on any atom is -0.493 e. The zero-order chi connectivity index (χ0) is 26.1. The predicted molar refractivity (Wildman–Crippen MR) is 134 cm³/mol. The van der Waals surface area contributed by atoms with Gasteiger partial charge in [0.25, 0.3) is 0 Å². The van der Waals surface area contributed by atoms with E-state index in [9.17, 15) is 23.5 Å². The summed E-state index contributed by atoms with van der Waals surface area (Å²) in [6.07, 6.45) is -2.12. The summed E-state index contributed by atoms with van der Waals surface area (Å²) >= 11 is 0. The van der Waals surface area contributed by atoms with Gasteiger partial charge in [0.1, 0.15) is 17.3 Å². The Labute approximate surface area is 219 Å². The molecule has 0 radical (unpaired) electrons. The highest BCUT2D eigenvalue weighted by Gasteiger charge is 2.35. The average molecular weight is 539 g/mol. The summed E-state index contributed by atoms with van der Waals surface area (Å²) in [5, 5.41) is 27.2. The van der Waals surface area contributed by atoms with Crippen LogP contribution in [-0.2, 0) is 13.2 Å². The number of halogens is 4. The number of alkyl halides is 3. The van der Waals surface area contributed by atoms with E-state index in [1.165, 1.54) is 16.8 Å². The maximum atomic E-state index is 13.9. The maximum Gasteiger partial charge on any atom is 0.419 e. The van der Waals surface area contributed by atoms with Gasteiger partial charge in [-0.25, -0.2) is 9.67 Å². The van der Waals surface area contributed by atoms with Crippen LogP contribution in [0.4, 0.5) is 13.2 Å². The van der Waals surface area contributed by atoms with Crippen molar-refractivity contribution in [2.45, 2.75) is 44.9 Å². The number of fused-ring (bicyclic) bond motifs is 1. The van der Waals surface area contributed by atoms with Crippen molar-refractivity contribution in [2.24, 2.45) is 13.0 Å². The lowest BCUT2D eigenvalue weighted by atomic mass is 9.93. The van der Waals surface area contributed by atoms with E-state index in [2.05, 4.69) is 20.2 Å². The molecule has 1 saturated heterocycles. The van der Waals surface area contributed by atoms with Crippen LogP contribution in [-0.4, -0.2) is 61.8 Å². The Kier molecular flexibility index (Phi) is 8.67. The van der Waals surface area contributed by atoms with Gasteiger partial charge in [-0.2, -0.15) is 18.4 Å². The molecule has 1 N–H and O–H groups in total. The first-order chi connectivity index (χ1) is 16.9. The Hall–Kier alpha value is -2.94. The number of β-amino-alcohol motifs (C(OH)–C–C–N with tert-alkyl or cyclic N) is 1. The van der Waals surface area contributed by atoms with Gasteiger partial charge in [-0.3, -0.25) is 0 Å². The van der Waals surface area contributed by atoms with E-state index in [-0.39, 0.29) is 41.7 Å². The van der Waals surface area contributed by atoms with Crippen molar-refractivity contribution in [3.8, 4) is 23.1 Å². The van der Waals surface area contributed by atoms with Crippen LogP contribution in [0, 0.1) is 17.2 Å². The number of nitriles is 1. The predicted octanol–water partition coefficient (Wildman–Crippen LogP) is 4.59. The van der Waals surface area contributed by atoms with E-state index < -0.39 is 17.3 Å². The monoisotopic (exact) mass is 538 g/mol. The molecule has 3 heterocycles. The number of aliphatic hydroxyl groups is 1. The van der Waals surface area contributed by atoms with E-state index in [1.807, 2.05) is 6.07 Å². The van der Waals surface area contributed by atoms with Gasteiger partial charge in [0.15, 0.2) is 5.69 Å². The normalized spacial score (nSPS) is 15.4. The third-order valence-electron chi connectivity index (χ3n) is 6.39. The van der Waals surface area contributed by atoms with Crippen molar-refractivity contribution in [1.29, 1.82) is 5.26 Å². The van der Waals surface area contributed by atoms with Crippen molar-refractivity contribution in [3.63, 3.8) is 0 Å². The lowest BCUT2D eigenvalue weighted by molar-refractivity contribution is -0.138. The van der Waals surface area contributed by atoms with Crippen LogP contribution in [0.1, 0.15) is 44.4 Å². The number of hydrogen-bond donors (Lipinski definition) is 1. The average Bonchev–Trinajstić information content (AvgIpc) is 3.19. The summed E-state index contributed by atoms with van der Waals surface area (Å²) in [5.41, 5.74) is -0.401. The van der Waals surface area contributed by atoms with Crippen molar-refractivity contribution >= 4 is 23.4 Å². The van der Waals surface area contributed by atoms with Crippen molar-refractivity contribution in [3.05, 3.63) is 35.5 Å². The highest BCUT2D eigenvalue weighted by Crippen LogP contribution is 2.39. The number of piperidine rings is 1. The number of rotatable bonds is 7. The molecule has 2 aromatic heterocycles. The van der Waals surface area contributed by atoms with Gasteiger partial charge in [0.2, 0.25) is 0 Å². The molecule has 0 saturated carbocycles. The summed E-state index contributed by atoms with van der Waals surface area (Å²) < 4.78 is 48.8. The van der Waals surface area contributed by atoms with Crippen molar-refractivity contribution in [2.75, 3.05) is 26.2 Å². The minimum atomic E-state index is -4.62. The van der Waals surface area contributed by atoms with Gasteiger partial charge < -0.3 is 14.7 Å². The zero-order valence-electron chi connectivity index (χ0n) is 20.9. The molecule has 37 heavy (non-hydrogen) atoms. The van der Waals surface area contributed by atoms with Gasteiger partial charge >= 0.3 is 6.18 Å². The fraction of sp³-hybridized carbons (Fsp3) is 0.520. The van der Waals surface area contributed by atoms with Crippen LogP contribution in [0.5, 0.6) is 5.75 Å². The quantitative estimate of drug-likeness (QED) is 0.469. The molecule has 1 aromatic carbocycles. The Balaban J connectivity index is 0.00000380. The lowest BCUT2D eigenvalue weighted by Crippen LogP contribution is -2.43. The van der Waals surface area contributed by atoms with Crippen LogP contribution >= 0.6 is 12.4 Å².